The van der Waals surface area contributed by atoms with Crippen LogP contribution >= 0.6 is 0 Å². The Morgan fingerprint density at radius 1 is 1.11 bits per heavy atom. The molecular weight excluding hydrogens is 244 g/mol. The molecule has 2 aromatic rings. The average molecular weight is 256 g/mol. The first kappa shape index (κ1) is 12.8. The summed E-state index contributed by atoms with van der Waals surface area (Å²) in [5, 5.41) is 2.59. The molecule has 0 aliphatic heterocycles. The molecule has 2 rings (SSSR count). The predicted molar refractivity (Wildman–Crippen MR) is 71.5 cm³/mol. The molecule has 96 valence electrons. The second kappa shape index (κ2) is 5.30. The molecule has 0 unspecified atom stereocenters. The van der Waals surface area contributed by atoms with E-state index < -0.39 is 5.91 Å². The third kappa shape index (κ3) is 2.95. The maximum atomic E-state index is 11.9. The smallest absolute Gasteiger partial charge is 0.261 e. The van der Waals surface area contributed by atoms with Crippen molar-refractivity contribution in [2.75, 3.05) is 5.32 Å². The zero-order valence-electron chi connectivity index (χ0n) is 10.3. The van der Waals surface area contributed by atoms with E-state index in [9.17, 15) is 14.4 Å². The Bertz CT molecular complexity index is 672. The monoisotopic (exact) mass is 256 g/mol. The second-order valence-corrected chi connectivity index (χ2v) is 4.01. The Labute approximate surface area is 109 Å². The van der Waals surface area contributed by atoms with Crippen molar-refractivity contribution in [1.29, 1.82) is 0 Å². The summed E-state index contributed by atoms with van der Waals surface area (Å²) < 4.78 is 0. The van der Waals surface area contributed by atoms with Crippen molar-refractivity contribution in [2.45, 2.75) is 6.92 Å². The highest BCUT2D eigenvalue weighted by atomic mass is 16.2. The lowest BCUT2D eigenvalue weighted by Gasteiger charge is -2.05. The van der Waals surface area contributed by atoms with Crippen LogP contribution in [-0.4, -0.2) is 16.7 Å². The van der Waals surface area contributed by atoms with Crippen LogP contribution in [0.2, 0.25) is 0 Å². The maximum Gasteiger partial charge on any atom is 0.261 e. The number of carbonyl (C=O) groups is 2. The average Bonchev–Trinajstić information content (AvgIpc) is 2.39. The molecule has 0 spiro atoms. The summed E-state index contributed by atoms with van der Waals surface area (Å²) in [6, 6.07) is 7.76. The van der Waals surface area contributed by atoms with Crippen molar-refractivity contribution in [2.24, 2.45) is 0 Å². The number of Topliss-reactive ketones (excluding diaryl/α,β-unsaturated/α-hetero) is 1. The summed E-state index contributed by atoms with van der Waals surface area (Å²) in [4.78, 5) is 37.1. The molecule has 0 fully saturated rings. The van der Waals surface area contributed by atoms with Crippen molar-refractivity contribution in [3.05, 3.63) is 64.1 Å². The molecular formula is C14H12N2O3. The van der Waals surface area contributed by atoms with E-state index in [1.807, 2.05) is 0 Å². The Kier molecular flexibility index (Phi) is 3.56. The topological polar surface area (TPSA) is 79.0 Å². The van der Waals surface area contributed by atoms with Crippen LogP contribution in [0.4, 0.5) is 5.69 Å². The Morgan fingerprint density at radius 3 is 2.37 bits per heavy atom. The van der Waals surface area contributed by atoms with Gasteiger partial charge in [0.25, 0.3) is 5.91 Å². The molecule has 5 heteroatoms. The summed E-state index contributed by atoms with van der Waals surface area (Å²) in [6.45, 7) is 1.47. The van der Waals surface area contributed by atoms with E-state index in [1.165, 1.54) is 25.4 Å². The number of hydrogen-bond donors (Lipinski definition) is 2. The molecule has 0 aliphatic rings. The van der Waals surface area contributed by atoms with Crippen LogP contribution in [0.5, 0.6) is 0 Å². The fourth-order valence-electron chi connectivity index (χ4n) is 1.58. The summed E-state index contributed by atoms with van der Waals surface area (Å²) in [5.41, 5.74) is 0.781. The number of aromatic nitrogens is 1. The van der Waals surface area contributed by atoms with Crippen LogP contribution in [-0.2, 0) is 0 Å². The number of benzene rings is 1. The van der Waals surface area contributed by atoms with Gasteiger partial charge in [-0.05, 0) is 31.2 Å². The van der Waals surface area contributed by atoms with Crippen LogP contribution in [0.3, 0.4) is 0 Å². The number of rotatable bonds is 3. The minimum absolute atomic E-state index is 0.0399. The van der Waals surface area contributed by atoms with Gasteiger partial charge < -0.3 is 10.3 Å². The number of pyridine rings is 1. The molecule has 0 radical (unpaired) electrons. The van der Waals surface area contributed by atoms with E-state index in [0.29, 0.717) is 11.3 Å². The van der Waals surface area contributed by atoms with Gasteiger partial charge in [0.2, 0.25) is 0 Å². The number of anilines is 1. The van der Waals surface area contributed by atoms with E-state index in [0.717, 1.165) is 0 Å². The molecule has 0 atom stereocenters. The highest BCUT2D eigenvalue weighted by molar-refractivity contribution is 6.04. The summed E-state index contributed by atoms with van der Waals surface area (Å²) in [7, 11) is 0. The van der Waals surface area contributed by atoms with Crippen LogP contribution in [0.15, 0.2) is 47.5 Å². The standard InChI is InChI=1S/C14H12N2O3/c1-9(17)10-2-4-11(5-3-10)16-14(19)12-8-15-7-6-13(12)18/h2-8H,1H3,(H,15,18)(H,16,19). The molecule has 0 aliphatic carbocycles. The zero-order valence-corrected chi connectivity index (χ0v) is 10.3. The van der Waals surface area contributed by atoms with Gasteiger partial charge in [0, 0.05) is 29.7 Å². The molecule has 5 nitrogen and oxygen atoms in total. The molecule has 1 aromatic carbocycles. The van der Waals surface area contributed by atoms with Crippen molar-refractivity contribution < 1.29 is 9.59 Å². The number of amides is 1. The summed E-state index contributed by atoms with van der Waals surface area (Å²) in [5.74, 6) is -0.533. The van der Waals surface area contributed by atoms with Gasteiger partial charge in [-0.15, -0.1) is 0 Å². The number of aromatic amines is 1. The molecule has 0 bridgehead atoms. The summed E-state index contributed by atoms with van der Waals surface area (Å²) in [6.07, 6.45) is 2.81. The Hall–Kier alpha value is -2.69. The molecule has 1 heterocycles. The minimum Gasteiger partial charge on any atom is -0.367 e. The number of ketones is 1. The van der Waals surface area contributed by atoms with Crippen LogP contribution < -0.4 is 10.7 Å². The van der Waals surface area contributed by atoms with Crippen molar-refractivity contribution in [3.63, 3.8) is 0 Å². The zero-order chi connectivity index (χ0) is 13.8. The van der Waals surface area contributed by atoms with Gasteiger partial charge in [0.1, 0.15) is 5.56 Å². The number of hydrogen-bond acceptors (Lipinski definition) is 3. The highest BCUT2D eigenvalue weighted by Crippen LogP contribution is 2.10. The summed E-state index contributed by atoms with van der Waals surface area (Å²) >= 11 is 0. The highest BCUT2D eigenvalue weighted by Gasteiger charge is 2.09. The van der Waals surface area contributed by atoms with Crippen LogP contribution in [0, 0.1) is 0 Å². The Morgan fingerprint density at radius 2 is 1.79 bits per heavy atom. The van der Waals surface area contributed by atoms with Gasteiger partial charge in [0.15, 0.2) is 11.2 Å². The lowest BCUT2D eigenvalue weighted by molar-refractivity contribution is 0.101. The van der Waals surface area contributed by atoms with E-state index in [4.69, 9.17) is 0 Å². The molecule has 0 saturated heterocycles. The van der Waals surface area contributed by atoms with Crippen LogP contribution in [0.25, 0.3) is 0 Å². The van der Waals surface area contributed by atoms with Gasteiger partial charge in [-0.25, -0.2) is 0 Å². The maximum absolute atomic E-state index is 11.9. The normalized spacial score (nSPS) is 9.95. The van der Waals surface area contributed by atoms with E-state index in [2.05, 4.69) is 10.3 Å². The first-order valence-electron chi connectivity index (χ1n) is 5.67. The van der Waals surface area contributed by atoms with Gasteiger partial charge in [-0.2, -0.15) is 0 Å². The van der Waals surface area contributed by atoms with Gasteiger partial charge >= 0.3 is 0 Å². The fourth-order valence-corrected chi connectivity index (χ4v) is 1.58. The van der Waals surface area contributed by atoms with E-state index in [-0.39, 0.29) is 16.8 Å². The van der Waals surface area contributed by atoms with Crippen LogP contribution in [0.1, 0.15) is 27.6 Å². The third-order valence-electron chi connectivity index (χ3n) is 2.62. The predicted octanol–water partition coefficient (Wildman–Crippen LogP) is 1.83. The lowest BCUT2D eigenvalue weighted by Crippen LogP contribution is -2.20. The van der Waals surface area contributed by atoms with E-state index >= 15 is 0 Å². The van der Waals surface area contributed by atoms with Crippen molar-refractivity contribution in [1.82, 2.24) is 4.98 Å². The van der Waals surface area contributed by atoms with Gasteiger partial charge in [0.05, 0.1) is 0 Å². The molecule has 19 heavy (non-hydrogen) atoms. The van der Waals surface area contributed by atoms with Gasteiger partial charge in [-0.3, -0.25) is 14.4 Å². The Balaban J connectivity index is 2.18. The lowest BCUT2D eigenvalue weighted by atomic mass is 10.1. The number of carbonyl (C=O) groups excluding carboxylic acids is 2. The van der Waals surface area contributed by atoms with Crippen molar-refractivity contribution >= 4 is 17.4 Å². The molecule has 0 saturated carbocycles. The molecule has 1 amide bonds. The second-order valence-electron chi connectivity index (χ2n) is 4.01. The largest absolute Gasteiger partial charge is 0.367 e. The molecule has 2 N–H and O–H groups in total. The first-order chi connectivity index (χ1) is 9.08. The minimum atomic E-state index is -0.488. The van der Waals surface area contributed by atoms with Crippen molar-refractivity contribution in [3.8, 4) is 0 Å². The molecule has 1 aromatic heterocycles. The fraction of sp³-hybridized carbons (Fsp3) is 0.0714. The quantitative estimate of drug-likeness (QED) is 0.822. The SMILES string of the molecule is CC(=O)c1ccc(NC(=O)c2c[nH]ccc2=O)cc1. The number of nitrogens with one attached hydrogen (secondary N) is 2. The third-order valence-corrected chi connectivity index (χ3v) is 2.62. The number of H-pyrrole nitrogens is 1. The van der Waals surface area contributed by atoms with Gasteiger partial charge in [-0.1, -0.05) is 0 Å². The van der Waals surface area contributed by atoms with E-state index in [1.54, 1.807) is 24.3 Å². The first-order valence-corrected chi connectivity index (χ1v) is 5.67.